The SMILES string of the molecule is CCCCC/C=C\C/C=C\C/C=C\C/C=C\C/C=C\CCC(=O)OCn1c(=O)ccc2ccc(OCCCCN3CCN(c4cccc(Cl)c4Cl)CC3)cc21. The maximum atomic E-state index is 12.8. The Kier molecular flexibility index (Phi) is 20.6. The quantitative estimate of drug-likeness (QED) is 0.0512. The Hall–Kier alpha value is -4.04. The highest BCUT2D eigenvalue weighted by Crippen LogP contribution is 2.33. The molecule has 1 aliphatic rings. The second kappa shape index (κ2) is 25.9. The maximum absolute atomic E-state index is 12.8. The molecule has 0 saturated carbocycles. The van der Waals surface area contributed by atoms with Crippen molar-refractivity contribution in [1.29, 1.82) is 0 Å². The highest BCUT2D eigenvalue weighted by Gasteiger charge is 2.19. The van der Waals surface area contributed by atoms with Gasteiger partial charge in [0.2, 0.25) is 0 Å². The molecule has 4 rings (SSSR count). The molecule has 0 N–H and O–H groups in total. The van der Waals surface area contributed by atoms with Gasteiger partial charge in [0.05, 0.1) is 27.9 Å². The summed E-state index contributed by atoms with van der Waals surface area (Å²) in [5.74, 6) is 0.345. The van der Waals surface area contributed by atoms with Crippen LogP contribution in [0, 0.1) is 0 Å². The molecule has 0 unspecified atom stereocenters. The number of carbonyl (C=O) groups excluding carboxylic acids is 1. The Morgan fingerprint density at radius 2 is 1.40 bits per heavy atom. The molecule has 7 nitrogen and oxygen atoms in total. The zero-order valence-corrected chi connectivity index (χ0v) is 34.1. The minimum Gasteiger partial charge on any atom is -0.494 e. The van der Waals surface area contributed by atoms with Gasteiger partial charge in [-0.05, 0) is 100 Å². The van der Waals surface area contributed by atoms with E-state index in [1.54, 1.807) is 6.07 Å². The molecule has 2 heterocycles. The van der Waals surface area contributed by atoms with Crippen molar-refractivity contribution < 1.29 is 14.3 Å². The summed E-state index contributed by atoms with van der Waals surface area (Å²) in [7, 11) is 0. The van der Waals surface area contributed by atoms with Crippen LogP contribution in [0.25, 0.3) is 10.9 Å². The molecule has 1 aliphatic heterocycles. The largest absolute Gasteiger partial charge is 0.494 e. The maximum Gasteiger partial charge on any atom is 0.307 e. The lowest BCUT2D eigenvalue weighted by atomic mass is 10.2. The number of allylic oxidation sites excluding steroid dienone is 10. The molecule has 0 amide bonds. The van der Waals surface area contributed by atoms with Crippen molar-refractivity contribution in [3.63, 3.8) is 0 Å². The summed E-state index contributed by atoms with van der Waals surface area (Å²) in [6, 6.07) is 14.8. The highest BCUT2D eigenvalue weighted by atomic mass is 35.5. The fourth-order valence-corrected chi connectivity index (χ4v) is 6.72. The average Bonchev–Trinajstić information content (AvgIpc) is 3.19. The van der Waals surface area contributed by atoms with Crippen molar-refractivity contribution >= 4 is 45.8 Å². The second-order valence-corrected chi connectivity index (χ2v) is 14.5. The Labute approximate surface area is 338 Å². The average molecular weight is 789 g/mol. The lowest BCUT2D eigenvalue weighted by Crippen LogP contribution is -2.46. The van der Waals surface area contributed by atoms with Gasteiger partial charge in [-0.25, -0.2) is 0 Å². The summed E-state index contributed by atoms with van der Waals surface area (Å²) in [6.45, 7) is 7.44. The third kappa shape index (κ3) is 16.3. The minimum absolute atomic E-state index is 0.138. The van der Waals surface area contributed by atoms with Crippen molar-refractivity contribution in [3.05, 3.63) is 130 Å². The molecule has 3 aromatic rings. The first-order chi connectivity index (χ1) is 27.0. The van der Waals surface area contributed by atoms with Gasteiger partial charge in [0.25, 0.3) is 5.56 Å². The van der Waals surface area contributed by atoms with Crippen LogP contribution in [0.1, 0.15) is 84.0 Å². The first-order valence-corrected chi connectivity index (χ1v) is 20.8. The Balaban J connectivity index is 1.08. The molecular formula is C46H59Cl2N3O4. The molecule has 1 aromatic heterocycles. The van der Waals surface area contributed by atoms with Crippen molar-refractivity contribution in [2.75, 3.05) is 44.2 Å². The molecule has 0 radical (unpaired) electrons. The molecule has 0 spiro atoms. The van der Waals surface area contributed by atoms with Crippen LogP contribution in [0.5, 0.6) is 5.75 Å². The number of pyridine rings is 1. The molecule has 55 heavy (non-hydrogen) atoms. The summed E-state index contributed by atoms with van der Waals surface area (Å²) in [4.78, 5) is 30.0. The number of anilines is 1. The van der Waals surface area contributed by atoms with E-state index in [2.05, 4.69) is 71.4 Å². The molecule has 9 heteroatoms. The highest BCUT2D eigenvalue weighted by molar-refractivity contribution is 6.43. The molecule has 0 bridgehead atoms. The predicted molar refractivity (Wildman–Crippen MR) is 232 cm³/mol. The Bertz CT molecular complexity index is 1800. The standard InChI is InChI=1S/C46H59Cl2N3O4/c1-2-3-4-5-6-7-8-9-10-11-12-13-14-15-16-17-18-19-20-26-45(53)55-38-51-43-37-40(29-27-39(43)28-30-44(51)52)54-36-22-21-31-49-32-34-50(35-33-49)42-25-23-24-41(47)46(42)48/h6-7,9-10,12-13,15-16,18-19,23-25,27-30,37H,2-5,8,11,14,17,20-22,26,31-36,38H2,1H3/b7-6-,10-9-,13-12-,16-15-,19-18-. The first-order valence-electron chi connectivity index (χ1n) is 20.0. The van der Waals surface area contributed by atoms with Crippen LogP contribution in [0.4, 0.5) is 5.69 Å². The van der Waals surface area contributed by atoms with E-state index < -0.39 is 0 Å². The molecule has 0 aliphatic carbocycles. The van der Waals surface area contributed by atoms with Crippen molar-refractivity contribution in [3.8, 4) is 5.75 Å². The number of carbonyl (C=O) groups is 1. The first kappa shape index (κ1) is 43.7. The predicted octanol–water partition coefficient (Wildman–Crippen LogP) is 11.5. The summed E-state index contributed by atoms with van der Waals surface area (Å²) in [5, 5.41) is 2.08. The van der Waals surface area contributed by atoms with E-state index in [4.69, 9.17) is 32.7 Å². The third-order valence-electron chi connectivity index (χ3n) is 9.51. The smallest absolute Gasteiger partial charge is 0.307 e. The van der Waals surface area contributed by atoms with Crippen LogP contribution in [-0.4, -0.2) is 54.8 Å². The number of benzene rings is 2. The molecular weight excluding hydrogens is 729 g/mol. The summed E-state index contributed by atoms with van der Waals surface area (Å²) < 4.78 is 13.1. The van der Waals surface area contributed by atoms with E-state index in [1.165, 1.54) is 36.3 Å². The number of piperazine rings is 1. The number of unbranched alkanes of at least 4 members (excludes halogenated alkanes) is 4. The van der Waals surface area contributed by atoms with E-state index >= 15 is 0 Å². The van der Waals surface area contributed by atoms with Gasteiger partial charge in [-0.1, -0.05) is 110 Å². The number of fused-ring (bicyclic) bond motifs is 1. The molecule has 2 aromatic carbocycles. The van der Waals surface area contributed by atoms with Crippen LogP contribution < -0.4 is 15.2 Å². The molecule has 0 atom stereocenters. The zero-order chi connectivity index (χ0) is 38.9. The lowest BCUT2D eigenvalue weighted by molar-refractivity contribution is -0.147. The van der Waals surface area contributed by atoms with E-state index in [-0.39, 0.29) is 24.7 Å². The van der Waals surface area contributed by atoms with Gasteiger partial charge in [0, 0.05) is 44.7 Å². The lowest BCUT2D eigenvalue weighted by Gasteiger charge is -2.36. The zero-order valence-electron chi connectivity index (χ0n) is 32.6. The van der Waals surface area contributed by atoms with E-state index in [0.29, 0.717) is 34.3 Å². The van der Waals surface area contributed by atoms with E-state index in [9.17, 15) is 9.59 Å². The molecule has 296 valence electrons. The van der Waals surface area contributed by atoms with Crippen molar-refractivity contribution in [2.24, 2.45) is 0 Å². The van der Waals surface area contributed by atoms with Crippen LogP contribution in [-0.2, 0) is 16.3 Å². The molecule has 1 saturated heterocycles. The second-order valence-electron chi connectivity index (χ2n) is 13.8. The fourth-order valence-electron chi connectivity index (χ4n) is 6.31. The topological polar surface area (TPSA) is 64.0 Å². The number of nitrogens with zero attached hydrogens (tertiary/aromatic N) is 3. The monoisotopic (exact) mass is 787 g/mol. The number of hydrogen-bond donors (Lipinski definition) is 0. The Morgan fingerprint density at radius 1 is 0.745 bits per heavy atom. The van der Waals surface area contributed by atoms with Gasteiger partial charge in [0.1, 0.15) is 5.75 Å². The van der Waals surface area contributed by atoms with Gasteiger partial charge < -0.3 is 14.4 Å². The van der Waals surface area contributed by atoms with Gasteiger partial charge in [-0.2, -0.15) is 0 Å². The summed E-state index contributed by atoms with van der Waals surface area (Å²) in [5.41, 5.74) is 1.45. The van der Waals surface area contributed by atoms with Crippen LogP contribution in [0.2, 0.25) is 10.0 Å². The van der Waals surface area contributed by atoms with Crippen molar-refractivity contribution in [1.82, 2.24) is 9.47 Å². The number of aromatic nitrogens is 1. The fraction of sp³-hybridized carbons (Fsp3) is 0.435. The number of esters is 1. The van der Waals surface area contributed by atoms with Crippen LogP contribution in [0.15, 0.2) is 114 Å². The van der Waals surface area contributed by atoms with Gasteiger partial charge in [-0.3, -0.25) is 19.1 Å². The summed E-state index contributed by atoms with van der Waals surface area (Å²) >= 11 is 12.6. The van der Waals surface area contributed by atoms with Gasteiger partial charge in [-0.15, -0.1) is 0 Å². The van der Waals surface area contributed by atoms with Gasteiger partial charge in [0.15, 0.2) is 6.73 Å². The normalized spacial score (nSPS) is 14.2. The van der Waals surface area contributed by atoms with Crippen molar-refractivity contribution in [2.45, 2.75) is 90.7 Å². The number of halogens is 2. The van der Waals surface area contributed by atoms with Gasteiger partial charge >= 0.3 is 5.97 Å². The minimum atomic E-state index is -0.339. The summed E-state index contributed by atoms with van der Waals surface area (Å²) in [6.07, 6.45) is 33.3. The third-order valence-corrected chi connectivity index (χ3v) is 10.3. The Morgan fingerprint density at radius 3 is 2.09 bits per heavy atom. The van der Waals surface area contributed by atoms with E-state index in [0.717, 1.165) is 82.3 Å². The van der Waals surface area contributed by atoms with Crippen LogP contribution >= 0.6 is 23.2 Å². The number of ether oxygens (including phenoxy) is 2. The number of hydrogen-bond acceptors (Lipinski definition) is 6. The van der Waals surface area contributed by atoms with E-state index in [1.807, 2.05) is 42.5 Å². The molecule has 1 fully saturated rings. The number of rotatable bonds is 24. The van der Waals surface area contributed by atoms with Crippen LogP contribution in [0.3, 0.4) is 0 Å².